The highest BCUT2D eigenvalue weighted by atomic mass is 35.5. The number of fused-ring (bicyclic) bond motifs is 1. The Bertz CT molecular complexity index is 858. The van der Waals surface area contributed by atoms with Crippen molar-refractivity contribution in [2.75, 3.05) is 6.54 Å². The summed E-state index contributed by atoms with van der Waals surface area (Å²) >= 11 is 8.04. The van der Waals surface area contributed by atoms with E-state index in [4.69, 9.17) is 11.6 Å². The van der Waals surface area contributed by atoms with Gasteiger partial charge in [0.2, 0.25) is 0 Å². The fraction of sp³-hybridized carbons (Fsp3) is 0.391. The maximum Gasteiger partial charge on any atom is 0.160 e. The van der Waals surface area contributed by atoms with E-state index in [0.717, 1.165) is 49.0 Å². The van der Waals surface area contributed by atoms with E-state index in [-0.39, 0.29) is 11.8 Å². The number of hydrogen-bond donors (Lipinski definition) is 0. The average molecular weight is 416 g/mol. The number of aldehydes is 1. The van der Waals surface area contributed by atoms with Gasteiger partial charge in [0, 0.05) is 34.3 Å². The van der Waals surface area contributed by atoms with E-state index in [1.165, 1.54) is 10.4 Å². The first-order valence-electron chi connectivity index (χ1n) is 9.86. The maximum atomic E-state index is 12.2. The Balaban J connectivity index is 1.67. The molecule has 1 aliphatic heterocycles. The Labute approximate surface area is 176 Å². The number of thiophene rings is 1. The maximum absolute atomic E-state index is 12.2. The second-order valence-electron chi connectivity index (χ2n) is 7.17. The Hall–Kier alpha value is -1.75. The van der Waals surface area contributed by atoms with Gasteiger partial charge in [-0.3, -0.25) is 9.69 Å². The van der Waals surface area contributed by atoms with E-state index >= 15 is 0 Å². The summed E-state index contributed by atoms with van der Waals surface area (Å²) in [6, 6.07) is 9.33. The van der Waals surface area contributed by atoms with Gasteiger partial charge in [-0.2, -0.15) is 0 Å². The molecular weight excluding hydrogens is 390 g/mol. The van der Waals surface area contributed by atoms with Crippen molar-refractivity contribution in [1.29, 1.82) is 0 Å². The molecule has 0 bridgehead atoms. The second-order valence-corrected chi connectivity index (χ2v) is 8.80. The van der Waals surface area contributed by atoms with Crippen LogP contribution in [0.25, 0.3) is 0 Å². The van der Waals surface area contributed by atoms with Crippen LogP contribution in [0.4, 0.5) is 0 Å². The molecule has 0 spiro atoms. The number of carbonyl (C=O) groups excluding carboxylic acids is 2. The van der Waals surface area contributed by atoms with E-state index in [9.17, 15) is 9.59 Å². The van der Waals surface area contributed by atoms with Gasteiger partial charge in [-0.15, -0.1) is 11.3 Å². The zero-order chi connectivity index (χ0) is 19.9. The molecular formula is C23H26ClNO2S. The number of halogens is 1. The molecule has 1 aromatic carbocycles. The van der Waals surface area contributed by atoms with E-state index in [0.29, 0.717) is 18.0 Å². The highest BCUT2D eigenvalue weighted by Gasteiger charge is 2.27. The molecule has 28 heavy (non-hydrogen) atoms. The smallest absolute Gasteiger partial charge is 0.160 e. The Kier molecular flexibility index (Phi) is 7.60. The molecule has 0 saturated carbocycles. The van der Waals surface area contributed by atoms with Crippen LogP contribution in [0.2, 0.25) is 5.02 Å². The highest BCUT2D eigenvalue weighted by molar-refractivity contribution is 7.12. The van der Waals surface area contributed by atoms with E-state index in [2.05, 4.69) is 17.9 Å². The largest absolute Gasteiger partial charge is 0.301 e. The van der Waals surface area contributed by atoms with E-state index in [1.807, 2.05) is 30.3 Å². The van der Waals surface area contributed by atoms with Crippen LogP contribution in [-0.2, 0) is 29.0 Å². The molecule has 1 aromatic heterocycles. The Morgan fingerprint density at radius 2 is 2.18 bits per heavy atom. The third-order valence-corrected chi connectivity index (χ3v) is 6.65. The van der Waals surface area contributed by atoms with Gasteiger partial charge in [-0.25, -0.2) is 0 Å². The van der Waals surface area contributed by atoms with Crippen molar-refractivity contribution in [2.45, 2.75) is 51.6 Å². The van der Waals surface area contributed by atoms with Gasteiger partial charge in [-0.05, 0) is 42.2 Å². The summed E-state index contributed by atoms with van der Waals surface area (Å²) in [5, 5.41) is 0.622. The van der Waals surface area contributed by atoms with Crippen LogP contribution in [-0.4, -0.2) is 23.5 Å². The second kappa shape index (κ2) is 10.1. The Morgan fingerprint density at radius 1 is 1.36 bits per heavy atom. The lowest BCUT2D eigenvalue weighted by Crippen LogP contribution is -2.34. The summed E-state index contributed by atoms with van der Waals surface area (Å²) in [7, 11) is 0. The van der Waals surface area contributed by atoms with E-state index < -0.39 is 0 Å². The summed E-state index contributed by atoms with van der Waals surface area (Å²) in [5.41, 5.74) is 2.08. The molecule has 0 aliphatic carbocycles. The zero-order valence-electron chi connectivity index (χ0n) is 16.2. The van der Waals surface area contributed by atoms with Gasteiger partial charge >= 0.3 is 0 Å². The predicted octanol–water partition coefficient (Wildman–Crippen LogP) is 5.56. The zero-order valence-corrected chi connectivity index (χ0v) is 17.8. The van der Waals surface area contributed by atoms with Gasteiger partial charge in [0.25, 0.3) is 0 Å². The van der Waals surface area contributed by atoms with Crippen LogP contribution in [0.15, 0.2) is 42.5 Å². The first kappa shape index (κ1) is 21.0. The first-order chi connectivity index (χ1) is 13.6. The van der Waals surface area contributed by atoms with Crippen LogP contribution in [0.5, 0.6) is 0 Å². The average Bonchev–Trinajstić information content (AvgIpc) is 3.09. The minimum atomic E-state index is -0.340. The van der Waals surface area contributed by atoms with Crippen LogP contribution < -0.4 is 0 Å². The number of carbonyl (C=O) groups is 2. The number of hydrogen-bond acceptors (Lipinski definition) is 4. The summed E-state index contributed by atoms with van der Waals surface area (Å²) in [4.78, 5) is 28.6. The fourth-order valence-corrected chi connectivity index (χ4v) is 5.01. The van der Waals surface area contributed by atoms with Crippen molar-refractivity contribution in [3.63, 3.8) is 0 Å². The molecule has 0 fully saturated rings. The number of ketones is 1. The van der Waals surface area contributed by atoms with Gasteiger partial charge in [0.1, 0.15) is 6.29 Å². The van der Waals surface area contributed by atoms with Crippen molar-refractivity contribution < 1.29 is 9.59 Å². The monoisotopic (exact) mass is 415 g/mol. The Morgan fingerprint density at radius 3 is 2.93 bits per heavy atom. The SMILES string of the molecule is CCCC/C=C/C(=O)Cc1cc2c(s1)CCN(C(C=O)c1ccccc1Cl)C2. The van der Waals surface area contributed by atoms with Crippen LogP contribution in [0.3, 0.4) is 0 Å². The third kappa shape index (κ3) is 5.19. The minimum absolute atomic E-state index is 0.161. The quantitative estimate of drug-likeness (QED) is 0.305. The molecule has 2 aromatic rings. The van der Waals surface area contributed by atoms with E-state index in [1.54, 1.807) is 17.4 Å². The molecule has 0 N–H and O–H groups in total. The summed E-state index contributed by atoms with van der Waals surface area (Å²) in [5.74, 6) is 0.161. The molecule has 1 aliphatic rings. The molecule has 2 heterocycles. The van der Waals surface area contributed by atoms with Crippen molar-refractivity contribution in [1.82, 2.24) is 4.90 Å². The molecule has 0 saturated heterocycles. The third-order valence-electron chi connectivity index (χ3n) is 5.07. The van der Waals surface area contributed by atoms with Crippen LogP contribution in [0.1, 0.15) is 53.1 Å². The van der Waals surface area contributed by atoms with Crippen LogP contribution in [0, 0.1) is 0 Å². The van der Waals surface area contributed by atoms with Gasteiger partial charge in [-0.1, -0.05) is 55.6 Å². The summed E-state index contributed by atoms with van der Waals surface area (Å²) in [6.45, 7) is 3.67. The molecule has 3 rings (SSSR count). The molecule has 3 nitrogen and oxygen atoms in total. The predicted molar refractivity (Wildman–Crippen MR) is 116 cm³/mol. The lowest BCUT2D eigenvalue weighted by Gasteiger charge is -2.32. The van der Waals surface area contributed by atoms with Gasteiger partial charge in [0.05, 0.1) is 6.04 Å². The number of unbranched alkanes of at least 4 members (excludes halogenated alkanes) is 2. The number of nitrogens with zero attached hydrogens (tertiary/aromatic N) is 1. The highest BCUT2D eigenvalue weighted by Crippen LogP contribution is 2.34. The van der Waals surface area contributed by atoms with Crippen molar-refractivity contribution in [3.8, 4) is 0 Å². The first-order valence-corrected chi connectivity index (χ1v) is 11.1. The molecule has 1 unspecified atom stereocenters. The summed E-state index contributed by atoms with van der Waals surface area (Å²) in [6.07, 6.45) is 9.27. The number of benzene rings is 1. The van der Waals surface area contributed by atoms with Crippen LogP contribution >= 0.6 is 22.9 Å². The normalized spacial score (nSPS) is 15.5. The summed E-state index contributed by atoms with van der Waals surface area (Å²) < 4.78 is 0. The molecule has 0 amide bonds. The topological polar surface area (TPSA) is 37.4 Å². The molecule has 5 heteroatoms. The molecule has 0 radical (unpaired) electrons. The van der Waals surface area contributed by atoms with Crippen molar-refractivity contribution in [2.24, 2.45) is 0 Å². The van der Waals surface area contributed by atoms with Crippen molar-refractivity contribution >= 4 is 35.0 Å². The number of rotatable bonds is 9. The van der Waals surface area contributed by atoms with Gasteiger partial charge < -0.3 is 4.79 Å². The van der Waals surface area contributed by atoms with Crippen molar-refractivity contribution in [3.05, 3.63) is 68.4 Å². The van der Waals surface area contributed by atoms with Gasteiger partial charge in [0.15, 0.2) is 5.78 Å². The minimum Gasteiger partial charge on any atom is -0.301 e. The fourth-order valence-electron chi connectivity index (χ4n) is 3.58. The molecule has 1 atom stereocenters. The number of allylic oxidation sites excluding steroid dienone is 2. The molecule has 148 valence electrons. The lowest BCUT2D eigenvalue weighted by atomic mass is 10.0. The lowest BCUT2D eigenvalue weighted by molar-refractivity contribution is -0.114. The standard InChI is InChI=1S/C23H26ClNO2S/c1-2-3-4-5-8-18(27)14-19-13-17-15-25(12-11-23(17)28-19)22(16-26)20-9-6-7-10-21(20)24/h5-10,13,16,22H,2-4,11-12,14-15H2,1H3/b8-5+.